The van der Waals surface area contributed by atoms with Crippen LogP contribution in [0.4, 0.5) is 5.69 Å². The molecule has 0 saturated heterocycles. The molecule has 1 aliphatic carbocycles. The Hall–Kier alpha value is -2.36. The van der Waals surface area contributed by atoms with E-state index >= 15 is 0 Å². The number of anilines is 1. The predicted octanol–water partition coefficient (Wildman–Crippen LogP) is 2.89. The fourth-order valence-electron chi connectivity index (χ4n) is 2.15. The molecule has 3 rings (SSSR count). The first-order chi connectivity index (χ1) is 10.2. The quantitative estimate of drug-likeness (QED) is 0.886. The van der Waals surface area contributed by atoms with Crippen LogP contribution in [0.5, 0.6) is 0 Å². The number of nitrogens with zero attached hydrogens (tertiary/aromatic N) is 1. The van der Waals surface area contributed by atoms with E-state index in [0.29, 0.717) is 18.2 Å². The molecule has 1 aliphatic rings. The van der Waals surface area contributed by atoms with Crippen LogP contribution in [-0.2, 0) is 6.54 Å². The van der Waals surface area contributed by atoms with E-state index in [9.17, 15) is 4.79 Å². The smallest absolute Gasteiger partial charge is 0.251 e. The minimum Gasteiger partial charge on any atom is -0.381 e. The van der Waals surface area contributed by atoms with Gasteiger partial charge in [0.2, 0.25) is 0 Å². The minimum absolute atomic E-state index is 0.0127. The van der Waals surface area contributed by atoms with Gasteiger partial charge in [0.1, 0.15) is 0 Å². The molecule has 108 valence electrons. The van der Waals surface area contributed by atoms with E-state index in [-0.39, 0.29) is 5.91 Å². The van der Waals surface area contributed by atoms with Crippen molar-refractivity contribution >= 4 is 11.6 Å². The van der Waals surface area contributed by atoms with Gasteiger partial charge in [-0.15, -0.1) is 0 Å². The fraction of sp³-hybridized carbons (Fsp3) is 0.294. The summed E-state index contributed by atoms with van der Waals surface area (Å²) < 4.78 is 0. The third-order valence-corrected chi connectivity index (χ3v) is 3.67. The molecule has 0 atom stereocenters. The van der Waals surface area contributed by atoms with Gasteiger partial charge in [0.15, 0.2) is 0 Å². The van der Waals surface area contributed by atoms with Crippen molar-refractivity contribution in [3.63, 3.8) is 0 Å². The first-order valence-electron chi connectivity index (χ1n) is 7.26. The third-order valence-electron chi connectivity index (χ3n) is 3.67. The summed E-state index contributed by atoms with van der Waals surface area (Å²) in [5, 5.41) is 6.35. The number of aromatic nitrogens is 1. The molecule has 0 spiro atoms. The molecule has 1 aromatic heterocycles. The number of pyridine rings is 1. The Bertz CT molecular complexity index is 650. The third kappa shape index (κ3) is 3.60. The average molecular weight is 281 g/mol. The molecule has 4 heteroatoms. The van der Waals surface area contributed by atoms with E-state index < -0.39 is 0 Å². The number of hydrogen-bond donors (Lipinski definition) is 2. The lowest BCUT2D eigenvalue weighted by Crippen LogP contribution is -2.25. The largest absolute Gasteiger partial charge is 0.381 e. The summed E-state index contributed by atoms with van der Waals surface area (Å²) in [6.07, 6.45) is 5.86. The van der Waals surface area contributed by atoms with Crippen molar-refractivity contribution < 1.29 is 4.79 Å². The molecule has 1 aromatic carbocycles. The monoisotopic (exact) mass is 281 g/mol. The van der Waals surface area contributed by atoms with Gasteiger partial charge in [-0.3, -0.25) is 9.78 Å². The Morgan fingerprint density at radius 2 is 2.19 bits per heavy atom. The van der Waals surface area contributed by atoms with Gasteiger partial charge in [0.05, 0.1) is 0 Å². The molecule has 0 aliphatic heterocycles. The highest BCUT2D eigenvalue weighted by Gasteiger charge is 2.23. The van der Waals surface area contributed by atoms with Crippen LogP contribution >= 0.6 is 0 Å². The molecule has 1 amide bonds. The molecule has 21 heavy (non-hydrogen) atoms. The van der Waals surface area contributed by atoms with E-state index in [4.69, 9.17) is 0 Å². The van der Waals surface area contributed by atoms with Crippen molar-refractivity contribution in [3.8, 4) is 0 Å². The molecule has 0 radical (unpaired) electrons. The molecule has 4 nitrogen and oxygen atoms in total. The van der Waals surface area contributed by atoms with Crippen molar-refractivity contribution in [1.29, 1.82) is 0 Å². The van der Waals surface area contributed by atoms with Crippen LogP contribution in [-0.4, -0.2) is 16.9 Å². The van der Waals surface area contributed by atoms with Crippen LogP contribution in [0, 0.1) is 6.92 Å². The number of carbonyl (C=O) groups is 1. The predicted molar refractivity (Wildman–Crippen MR) is 83.2 cm³/mol. The second-order valence-corrected chi connectivity index (χ2v) is 5.48. The lowest BCUT2D eigenvalue weighted by molar-refractivity contribution is 0.0951. The number of aryl methyl sites for hydroxylation is 1. The van der Waals surface area contributed by atoms with E-state index in [2.05, 4.69) is 22.5 Å². The summed E-state index contributed by atoms with van der Waals surface area (Å²) in [6, 6.07) is 9.99. The van der Waals surface area contributed by atoms with Gasteiger partial charge in [-0.25, -0.2) is 0 Å². The standard InChI is InChI=1S/C17H19N3O/c1-12-7-8-18-10-14(12)11-19-16-4-2-3-13(9-16)17(21)20-15-5-6-15/h2-4,7-10,15,19H,5-6,11H2,1H3,(H,20,21). The highest BCUT2D eigenvalue weighted by atomic mass is 16.1. The minimum atomic E-state index is 0.0127. The van der Waals surface area contributed by atoms with Gasteiger partial charge in [-0.1, -0.05) is 6.07 Å². The maximum atomic E-state index is 12.0. The van der Waals surface area contributed by atoms with E-state index in [1.165, 1.54) is 5.56 Å². The maximum absolute atomic E-state index is 12.0. The lowest BCUT2D eigenvalue weighted by atomic mass is 10.1. The van der Waals surface area contributed by atoms with Crippen LogP contribution in [0.25, 0.3) is 0 Å². The summed E-state index contributed by atoms with van der Waals surface area (Å²) in [6.45, 7) is 2.77. The fourth-order valence-corrected chi connectivity index (χ4v) is 2.15. The number of carbonyl (C=O) groups excluding carboxylic acids is 1. The number of hydrogen-bond acceptors (Lipinski definition) is 3. The molecular weight excluding hydrogens is 262 g/mol. The topological polar surface area (TPSA) is 54.0 Å². The maximum Gasteiger partial charge on any atom is 0.251 e. The van der Waals surface area contributed by atoms with Gasteiger partial charge < -0.3 is 10.6 Å². The number of amides is 1. The first-order valence-corrected chi connectivity index (χ1v) is 7.26. The summed E-state index contributed by atoms with van der Waals surface area (Å²) in [5.41, 5.74) is 4.02. The molecule has 1 heterocycles. The van der Waals surface area contributed by atoms with Gasteiger partial charge in [0.25, 0.3) is 5.91 Å². The first kappa shape index (κ1) is 13.6. The zero-order valence-electron chi connectivity index (χ0n) is 12.1. The van der Waals surface area contributed by atoms with Crippen LogP contribution in [0.1, 0.15) is 34.3 Å². The molecule has 1 fully saturated rings. The Balaban J connectivity index is 1.65. The Labute approximate surface area is 124 Å². The van der Waals surface area contributed by atoms with Crippen molar-refractivity contribution in [1.82, 2.24) is 10.3 Å². The number of benzene rings is 1. The lowest BCUT2D eigenvalue weighted by Gasteiger charge is -2.10. The van der Waals surface area contributed by atoms with Crippen LogP contribution in [0.15, 0.2) is 42.7 Å². The second kappa shape index (κ2) is 5.95. The molecular formula is C17H19N3O. The number of rotatable bonds is 5. The van der Waals surface area contributed by atoms with Crippen molar-refractivity contribution in [2.75, 3.05) is 5.32 Å². The Morgan fingerprint density at radius 3 is 2.95 bits per heavy atom. The van der Waals surface area contributed by atoms with Crippen LogP contribution < -0.4 is 10.6 Å². The van der Waals surface area contributed by atoms with Crippen LogP contribution in [0.2, 0.25) is 0 Å². The van der Waals surface area contributed by atoms with Gasteiger partial charge in [-0.05, 0) is 55.2 Å². The summed E-state index contributed by atoms with van der Waals surface area (Å²) >= 11 is 0. The second-order valence-electron chi connectivity index (χ2n) is 5.48. The Morgan fingerprint density at radius 1 is 1.33 bits per heavy atom. The molecule has 0 unspecified atom stereocenters. The van der Waals surface area contributed by atoms with E-state index in [1.807, 2.05) is 36.5 Å². The van der Waals surface area contributed by atoms with E-state index in [0.717, 1.165) is 24.1 Å². The van der Waals surface area contributed by atoms with Crippen molar-refractivity contribution in [2.45, 2.75) is 32.4 Å². The van der Waals surface area contributed by atoms with Crippen LogP contribution in [0.3, 0.4) is 0 Å². The van der Waals surface area contributed by atoms with Crippen molar-refractivity contribution in [3.05, 3.63) is 59.4 Å². The van der Waals surface area contributed by atoms with Gasteiger partial charge >= 0.3 is 0 Å². The molecule has 2 N–H and O–H groups in total. The molecule has 0 bridgehead atoms. The highest BCUT2D eigenvalue weighted by Crippen LogP contribution is 2.20. The van der Waals surface area contributed by atoms with Crippen molar-refractivity contribution in [2.24, 2.45) is 0 Å². The summed E-state index contributed by atoms with van der Waals surface area (Å²) in [7, 11) is 0. The number of nitrogens with one attached hydrogen (secondary N) is 2. The zero-order valence-corrected chi connectivity index (χ0v) is 12.1. The van der Waals surface area contributed by atoms with Gasteiger partial charge in [-0.2, -0.15) is 0 Å². The summed E-state index contributed by atoms with van der Waals surface area (Å²) in [5.74, 6) is 0.0127. The molecule has 2 aromatic rings. The highest BCUT2D eigenvalue weighted by molar-refractivity contribution is 5.95. The van der Waals surface area contributed by atoms with Gasteiger partial charge in [0, 0.05) is 36.2 Å². The zero-order chi connectivity index (χ0) is 14.7. The van der Waals surface area contributed by atoms with E-state index in [1.54, 1.807) is 6.20 Å². The average Bonchev–Trinajstić information content (AvgIpc) is 3.31. The molecule has 1 saturated carbocycles. The summed E-state index contributed by atoms with van der Waals surface area (Å²) in [4.78, 5) is 16.2. The Kier molecular flexibility index (Phi) is 3.86. The SMILES string of the molecule is Cc1ccncc1CNc1cccc(C(=O)NC2CC2)c1. The normalized spacial score (nSPS) is 13.8.